The average molecular weight is 222 g/mol. The SMILES string of the molecule is CC(C)C1CCN(C(=O)c2cn[nH]c2N)C1. The molecule has 1 atom stereocenters. The molecule has 88 valence electrons. The Bertz CT molecular complexity index is 385. The Morgan fingerprint density at radius 1 is 1.69 bits per heavy atom. The first-order chi connectivity index (χ1) is 7.59. The molecular weight excluding hydrogens is 204 g/mol. The van der Waals surface area contributed by atoms with Crippen molar-refractivity contribution in [3.8, 4) is 0 Å². The summed E-state index contributed by atoms with van der Waals surface area (Å²) in [6.45, 7) is 6.06. The van der Waals surface area contributed by atoms with Gasteiger partial charge in [0.2, 0.25) is 0 Å². The smallest absolute Gasteiger partial charge is 0.259 e. The van der Waals surface area contributed by atoms with Crippen LogP contribution in [0.15, 0.2) is 6.20 Å². The number of nitrogens with two attached hydrogens (primary N) is 1. The van der Waals surface area contributed by atoms with Gasteiger partial charge in [0.15, 0.2) is 0 Å². The van der Waals surface area contributed by atoms with Crippen LogP contribution in [0.1, 0.15) is 30.6 Å². The van der Waals surface area contributed by atoms with E-state index in [4.69, 9.17) is 5.73 Å². The van der Waals surface area contributed by atoms with Crippen LogP contribution in [0.2, 0.25) is 0 Å². The number of nitrogens with zero attached hydrogens (tertiary/aromatic N) is 2. The first-order valence-corrected chi connectivity index (χ1v) is 5.67. The molecule has 2 rings (SSSR count). The summed E-state index contributed by atoms with van der Waals surface area (Å²) in [6, 6.07) is 0. The van der Waals surface area contributed by atoms with Gasteiger partial charge in [-0.3, -0.25) is 9.89 Å². The fraction of sp³-hybridized carbons (Fsp3) is 0.636. The molecule has 0 saturated carbocycles. The molecule has 1 aromatic heterocycles. The van der Waals surface area contributed by atoms with Gasteiger partial charge in [0.1, 0.15) is 11.4 Å². The second-order valence-corrected chi connectivity index (χ2v) is 4.74. The van der Waals surface area contributed by atoms with E-state index in [2.05, 4.69) is 24.0 Å². The van der Waals surface area contributed by atoms with E-state index >= 15 is 0 Å². The number of H-pyrrole nitrogens is 1. The predicted molar refractivity (Wildman–Crippen MR) is 61.8 cm³/mol. The summed E-state index contributed by atoms with van der Waals surface area (Å²) in [5.41, 5.74) is 6.13. The number of carbonyl (C=O) groups excluding carboxylic acids is 1. The van der Waals surface area contributed by atoms with Crippen LogP contribution in [0.3, 0.4) is 0 Å². The summed E-state index contributed by atoms with van der Waals surface area (Å²) in [6.07, 6.45) is 2.58. The molecular formula is C11H18N4O. The van der Waals surface area contributed by atoms with Crippen LogP contribution >= 0.6 is 0 Å². The zero-order valence-electron chi connectivity index (χ0n) is 9.73. The monoisotopic (exact) mass is 222 g/mol. The lowest BCUT2D eigenvalue weighted by molar-refractivity contribution is 0.0785. The molecule has 5 nitrogen and oxygen atoms in total. The van der Waals surface area contributed by atoms with Crippen molar-refractivity contribution >= 4 is 11.7 Å². The first kappa shape index (κ1) is 11.0. The average Bonchev–Trinajstić information content (AvgIpc) is 2.84. The molecule has 0 aliphatic carbocycles. The Hall–Kier alpha value is -1.52. The molecule has 1 saturated heterocycles. The zero-order chi connectivity index (χ0) is 11.7. The van der Waals surface area contributed by atoms with Gasteiger partial charge in [-0.05, 0) is 18.3 Å². The highest BCUT2D eigenvalue weighted by atomic mass is 16.2. The van der Waals surface area contributed by atoms with E-state index in [0.29, 0.717) is 23.2 Å². The Kier molecular flexibility index (Phi) is 2.85. The number of rotatable bonds is 2. The third-order valence-corrected chi connectivity index (χ3v) is 3.35. The number of amides is 1. The van der Waals surface area contributed by atoms with Crippen LogP contribution < -0.4 is 5.73 Å². The van der Waals surface area contributed by atoms with Crippen molar-refractivity contribution < 1.29 is 4.79 Å². The molecule has 1 fully saturated rings. The highest BCUT2D eigenvalue weighted by Gasteiger charge is 2.29. The second-order valence-electron chi connectivity index (χ2n) is 4.74. The fourth-order valence-corrected chi connectivity index (χ4v) is 2.15. The quantitative estimate of drug-likeness (QED) is 0.787. The maximum atomic E-state index is 12.1. The molecule has 2 heterocycles. The maximum absolute atomic E-state index is 12.1. The molecule has 1 unspecified atom stereocenters. The molecule has 0 radical (unpaired) electrons. The van der Waals surface area contributed by atoms with Gasteiger partial charge in [-0.15, -0.1) is 0 Å². The molecule has 5 heteroatoms. The highest BCUT2D eigenvalue weighted by Crippen LogP contribution is 2.25. The Labute approximate surface area is 95.0 Å². The van der Waals surface area contributed by atoms with Crippen molar-refractivity contribution in [2.75, 3.05) is 18.8 Å². The predicted octanol–water partition coefficient (Wildman–Crippen LogP) is 1.11. The molecule has 16 heavy (non-hydrogen) atoms. The Balaban J connectivity index is 2.05. The number of likely N-dealkylation sites (tertiary alicyclic amines) is 1. The number of carbonyl (C=O) groups is 1. The van der Waals surface area contributed by atoms with Crippen molar-refractivity contribution in [2.24, 2.45) is 11.8 Å². The minimum atomic E-state index is -0.00519. The Morgan fingerprint density at radius 3 is 2.94 bits per heavy atom. The van der Waals surface area contributed by atoms with Crippen molar-refractivity contribution in [1.29, 1.82) is 0 Å². The van der Waals surface area contributed by atoms with Crippen molar-refractivity contribution in [2.45, 2.75) is 20.3 Å². The van der Waals surface area contributed by atoms with Crippen molar-refractivity contribution in [3.05, 3.63) is 11.8 Å². The van der Waals surface area contributed by atoms with Gasteiger partial charge in [0.25, 0.3) is 5.91 Å². The minimum Gasteiger partial charge on any atom is -0.383 e. The van der Waals surface area contributed by atoms with E-state index in [9.17, 15) is 4.79 Å². The standard InChI is InChI=1S/C11H18N4O/c1-7(2)8-3-4-15(6-8)11(16)9-5-13-14-10(9)12/h5,7-8H,3-4,6H2,1-2H3,(H3,12,13,14). The molecule has 1 aliphatic heterocycles. The van der Waals surface area contributed by atoms with Gasteiger partial charge >= 0.3 is 0 Å². The van der Waals surface area contributed by atoms with E-state index in [1.807, 2.05) is 4.90 Å². The lowest BCUT2D eigenvalue weighted by atomic mass is 9.95. The minimum absolute atomic E-state index is 0.00519. The molecule has 0 aromatic carbocycles. The molecule has 1 amide bonds. The van der Waals surface area contributed by atoms with Gasteiger partial charge < -0.3 is 10.6 Å². The summed E-state index contributed by atoms with van der Waals surface area (Å²) in [5.74, 6) is 1.59. The maximum Gasteiger partial charge on any atom is 0.259 e. The topological polar surface area (TPSA) is 75.0 Å². The second kappa shape index (κ2) is 4.15. The number of nitrogen functional groups attached to an aromatic ring is 1. The normalized spacial score (nSPS) is 20.7. The number of aromatic amines is 1. The van der Waals surface area contributed by atoms with Gasteiger partial charge in [0, 0.05) is 13.1 Å². The molecule has 1 aliphatic rings. The van der Waals surface area contributed by atoms with Gasteiger partial charge in [-0.1, -0.05) is 13.8 Å². The highest BCUT2D eigenvalue weighted by molar-refractivity contribution is 5.98. The van der Waals surface area contributed by atoms with Crippen molar-refractivity contribution in [3.63, 3.8) is 0 Å². The number of hydrogen-bond donors (Lipinski definition) is 2. The fourth-order valence-electron chi connectivity index (χ4n) is 2.15. The van der Waals surface area contributed by atoms with Gasteiger partial charge in [0.05, 0.1) is 6.20 Å². The van der Waals surface area contributed by atoms with Crippen LogP contribution in [0.5, 0.6) is 0 Å². The number of anilines is 1. The first-order valence-electron chi connectivity index (χ1n) is 5.67. The van der Waals surface area contributed by atoms with E-state index in [0.717, 1.165) is 19.5 Å². The van der Waals surface area contributed by atoms with Crippen molar-refractivity contribution in [1.82, 2.24) is 15.1 Å². The van der Waals surface area contributed by atoms with E-state index in [-0.39, 0.29) is 5.91 Å². The molecule has 0 bridgehead atoms. The largest absolute Gasteiger partial charge is 0.383 e. The lowest BCUT2D eigenvalue weighted by Gasteiger charge is -2.17. The number of aromatic nitrogens is 2. The van der Waals surface area contributed by atoms with E-state index in [1.165, 1.54) is 6.20 Å². The van der Waals surface area contributed by atoms with Gasteiger partial charge in [-0.2, -0.15) is 5.10 Å². The summed E-state index contributed by atoms with van der Waals surface area (Å²) in [5, 5.41) is 6.36. The summed E-state index contributed by atoms with van der Waals surface area (Å²) in [4.78, 5) is 13.9. The van der Waals surface area contributed by atoms with Crippen LogP contribution in [0.4, 0.5) is 5.82 Å². The third kappa shape index (κ3) is 1.89. The molecule has 0 spiro atoms. The lowest BCUT2D eigenvalue weighted by Crippen LogP contribution is -2.29. The third-order valence-electron chi connectivity index (χ3n) is 3.35. The molecule has 1 aromatic rings. The van der Waals surface area contributed by atoms with E-state index < -0.39 is 0 Å². The summed E-state index contributed by atoms with van der Waals surface area (Å²) >= 11 is 0. The number of nitrogens with one attached hydrogen (secondary N) is 1. The van der Waals surface area contributed by atoms with E-state index in [1.54, 1.807) is 0 Å². The summed E-state index contributed by atoms with van der Waals surface area (Å²) < 4.78 is 0. The molecule has 3 N–H and O–H groups in total. The Morgan fingerprint density at radius 2 is 2.44 bits per heavy atom. The van der Waals surface area contributed by atoms with Gasteiger partial charge in [-0.25, -0.2) is 0 Å². The van der Waals surface area contributed by atoms with Crippen LogP contribution in [-0.4, -0.2) is 34.1 Å². The van der Waals surface area contributed by atoms with Crippen LogP contribution in [0.25, 0.3) is 0 Å². The summed E-state index contributed by atoms with van der Waals surface area (Å²) in [7, 11) is 0. The van der Waals surface area contributed by atoms with Crippen LogP contribution in [-0.2, 0) is 0 Å². The zero-order valence-corrected chi connectivity index (χ0v) is 9.73. The van der Waals surface area contributed by atoms with Crippen LogP contribution in [0, 0.1) is 11.8 Å². The number of hydrogen-bond acceptors (Lipinski definition) is 3.